The maximum absolute atomic E-state index is 11.3. The van der Waals surface area contributed by atoms with Gasteiger partial charge < -0.3 is 20.5 Å². The van der Waals surface area contributed by atoms with Crippen molar-refractivity contribution in [3.8, 4) is 5.75 Å². The molecule has 0 fully saturated rings. The van der Waals surface area contributed by atoms with Crippen LogP contribution < -0.4 is 15.4 Å². The lowest BCUT2D eigenvalue weighted by Gasteiger charge is -2.24. The van der Waals surface area contributed by atoms with E-state index in [0.29, 0.717) is 31.2 Å². The maximum atomic E-state index is 11.3. The molecule has 166 valence electrons. The highest BCUT2D eigenvalue weighted by molar-refractivity contribution is 5.89. The molecule has 2 heterocycles. The molecule has 3 N–H and O–H groups in total. The molecule has 0 saturated heterocycles. The monoisotopic (exact) mass is 433 g/mol. The van der Waals surface area contributed by atoms with Gasteiger partial charge in [-0.1, -0.05) is 24.3 Å². The zero-order chi connectivity index (χ0) is 22.5. The second kappa shape index (κ2) is 9.65. The number of aromatic nitrogens is 3. The number of fused-ring (bicyclic) bond motifs is 1. The molecule has 8 nitrogen and oxygen atoms in total. The van der Waals surface area contributed by atoms with Gasteiger partial charge in [-0.25, -0.2) is 4.68 Å². The fourth-order valence-electron chi connectivity index (χ4n) is 3.65. The van der Waals surface area contributed by atoms with Crippen LogP contribution in [0.25, 0.3) is 5.70 Å². The van der Waals surface area contributed by atoms with Gasteiger partial charge in [-0.3, -0.25) is 4.79 Å². The molecule has 1 aliphatic heterocycles. The first-order valence-corrected chi connectivity index (χ1v) is 10.7. The van der Waals surface area contributed by atoms with Crippen molar-refractivity contribution in [2.24, 2.45) is 0 Å². The Morgan fingerprint density at radius 1 is 1.19 bits per heavy atom. The van der Waals surface area contributed by atoms with Crippen molar-refractivity contribution >= 4 is 23.2 Å². The standard InChI is InChI=1S/C24H27N5O3/c1-3-32-20-12-8-18(9-13-20)22-15-21(17-6-10-19(11-7-17)25-16(2)31)26-24-27-23(5-4-14-30)28-29(22)24/h6-13,15,22,30H,3-5,14H2,1-2H3,(H,25,31)(H,26,27,28). The Bertz CT molecular complexity index is 1100. The second-order valence-corrected chi connectivity index (χ2v) is 7.53. The fraction of sp³-hybridized carbons (Fsp3) is 0.292. The van der Waals surface area contributed by atoms with Crippen LogP contribution >= 0.6 is 0 Å². The van der Waals surface area contributed by atoms with E-state index >= 15 is 0 Å². The predicted molar refractivity (Wildman–Crippen MR) is 124 cm³/mol. The number of aryl methyl sites for hydroxylation is 1. The van der Waals surface area contributed by atoms with E-state index in [1.807, 2.05) is 60.1 Å². The molecule has 1 amide bonds. The number of amides is 1. The fourth-order valence-corrected chi connectivity index (χ4v) is 3.65. The Labute approximate surface area is 186 Å². The van der Waals surface area contributed by atoms with E-state index in [1.165, 1.54) is 6.92 Å². The minimum absolute atomic E-state index is 0.101. The summed E-state index contributed by atoms with van der Waals surface area (Å²) in [5.41, 5.74) is 3.69. The van der Waals surface area contributed by atoms with Gasteiger partial charge in [0, 0.05) is 31.3 Å². The SMILES string of the molecule is CCOc1ccc(C2C=C(c3ccc(NC(C)=O)cc3)Nc3nc(CCCO)nn32)cc1. The molecule has 3 aromatic rings. The van der Waals surface area contributed by atoms with E-state index in [2.05, 4.69) is 26.8 Å². The molecular formula is C24H27N5O3. The van der Waals surface area contributed by atoms with E-state index in [1.54, 1.807) is 0 Å². The first-order chi connectivity index (χ1) is 15.6. The van der Waals surface area contributed by atoms with Crippen LogP contribution in [0.1, 0.15) is 43.3 Å². The van der Waals surface area contributed by atoms with E-state index in [0.717, 1.165) is 28.3 Å². The van der Waals surface area contributed by atoms with Gasteiger partial charge in [0.25, 0.3) is 0 Å². The Kier molecular flexibility index (Phi) is 6.51. The number of nitrogens with zero attached hydrogens (tertiary/aromatic N) is 3. The highest BCUT2D eigenvalue weighted by atomic mass is 16.5. The number of aliphatic hydroxyl groups is 1. The zero-order valence-corrected chi connectivity index (χ0v) is 18.2. The van der Waals surface area contributed by atoms with Crippen molar-refractivity contribution < 1.29 is 14.6 Å². The van der Waals surface area contributed by atoms with E-state index in [4.69, 9.17) is 4.74 Å². The summed E-state index contributed by atoms with van der Waals surface area (Å²) >= 11 is 0. The third kappa shape index (κ3) is 4.81. The topological polar surface area (TPSA) is 101 Å². The smallest absolute Gasteiger partial charge is 0.226 e. The van der Waals surface area contributed by atoms with Gasteiger partial charge in [-0.2, -0.15) is 10.1 Å². The number of carbonyl (C=O) groups excluding carboxylic acids is 1. The van der Waals surface area contributed by atoms with Gasteiger partial charge in [0.2, 0.25) is 11.9 Å². The van der Waals surface area contributed by atoms with Crippen LogP contribution in [0.15, 0.2) is 54.6 Å². The quantitative estimate of drug-likeness (QED) is 0.502. The average Bonchev–Trinajstić information content (AvgIpc) is 3.21. The van der Waals surface area contributed by atoms with Crippen molar-refractivity contribution in [1.82, 2.24) is 14.8 Å². The van der Waals surface area contributed by atoms with E-state index in [-0.39, 0.29) is 18.6 Å². The summed E-state index contributed by atoms with van der Waals surface area (Å²) in [6.45, 7) is 4.17. The van der Waals surface area contributed by atoms with Crippen LogP contribution in [0.5, 0.6) is 5.75 Å². The van der Waals surface area contributed by atoms with Gasteiger partial charge in [-0.05, 0) is 54.8 Å². The number of carbonyl (C=O) groups is 1. The van der Waals surface area contributed by atoms with E-state index < -0.39 is 0 Å². The molecule has 0 bridgehead atoms. The molecule has 4 rings (SSSR count). The van der Waals surface area contributed by atoms with Gasteiger partial charge >= 0.3 is 0 Å². The predicted octanol–water partition coefficient (Wildman–Crippen LogP) is 3.62. The van der Waals surface area contributed by atoms with Crippen molar-refractivity contribution in [2.75, 3.05) is 23.8 Å². The molecule has 0 saturated carbocycles. The van der Waals surface area contributed by atoms with Crippen LogP contribution in [0, 0.1) is 0 Å². The molecule has 8 heteroatoms. The summed E-state index contributed by atoms with van der Waals surface area (Å²) in [6, 6.07) is 15.5. The number of hydrogen-bond acceptors (Lipinski definition) is 6. The average molecular weight is 434 g/mol. The highest BCUT2D eigenvalue weighted by Gasteiger charge is 2.25. The van der Waals surface area contributed by atoms with Gasteiger partial charge in [0.15, 0.2) is 5.82 Å². The van der Waals surface area contributed by atoms with Crippen molar-refractivity contribution in [3.63, 3.8) is 0 Å². The first kappa shape index (κ1) is 21.6. The lowest BCUT2D eigenvalue weighted by molar-refractivity contribution is -0.114. The Morgan fingerprint density at radius 3 is 2.59 bits per heavy atom. The third-order valence-electron chi connectivity index (χ3n) is 5.12. The molecule has 32 heavy (non-hydrogen) atoms. The number of allylic oxidation sites excluding steroid dienone is 1. The van der Waals surface area contributed by atoms with Crippen LogP contribution in [0.2, 0.25) is 0 Å². The lowest BCUT2D eigenvalue weighted by Crippen LogP contribution is -2.20. The Hall–Kier alpha value is -3.65. The molecule has 0 radical (unpaired) electrons. The number of hydrogen-bond donors (Lipinski definition) is 3. The van der Waals surface area contributed by atoms with Crippen molar-refractivity contribution in [3.05, 3.63) is 71.6 Å². The van der Waals surface area contributed by atoms with Gasteiger partial charge in [-0.15, -0.1) is 0 Å². The largest absolute Gasteiger partial charge is 0.494 e. The minimum atomic E-state index is -0.151. The molecule has 1 unspecified atom stereocenters. The normalized spacial score (nSPS) is 14.8. The lowest BCUT2D eigenvalue weighted by atomic mass is 10.0. The summed E-state index contributed by atoms with van der Waals surface area (Å²) in [4.78, 5) is 16.0. The number of rotatable bonds is 8. The third-order valence-corrected chi connectivity index (χ3v) is 5.12. The highest BCUT2D eigenvalue weighted by Crippen LogP contribution is 2.33. The molecule has 1 atom stereocenters. The van der Waals surface area contributed by atoms with Crippen LogP contribution in [-0.4, -0.2) is 39.0 Å². The number of nitrogens with one attached hydrogen (secondary N) is 2. The van der Waals surface area contributed by atoms with Crippen molar-refractivity contribution in [2.45, 2.75) is 32.7 Å². The molecule has 0 aliphatic carbocycles. The molecular weight excluding hydrogens is 406 g/mol. The van der Waals surface area contributed by atoms with Crippen LogP contribution in [0.3, 0.4) is 0 Å². The molecule has 1 aliphatic rings. The summed E-state index contributed by atoms with van der Waals surface area (Å²) in [5.74, 6) is 2.06. The molecule has 1 aromatic heterocycles. The first-order valence-electron chi connectivity index (χ1n) is 10.7. The van der Waals surface area contributed by atoms with Crippen LogP contribution in [0.4, 0.5) is 11.6 Å². The number of benzene rings is 2. The van der Waals surface area contributed by atoms with Gasteiger partial charge in [0.05, 0.1) is 6.61 Å². The maximum Gasteiger partial charge on any atom is 0.226 e. The zero-order valence-electron chi connectivity index (χ0n) is 18.2. The molecule has 0 spiro atoms. The summed E-state index contributed by atoms with van der Waals surface area (Å²) in [7, 11) is 0. The minimum Gasteiger partial charge on any atom is -0.494 e. The number of aliphatic hydroxyl groups excluding tert-OH is 1. The molecule has 2 aromatic carbocycles. The second-order valence-electron chi connectivity index (χ2n) is 7.53. The van der Waals surface area contributed by atoms with E-state index in [9.17, 15) is 9.90 Å². The number of anilines is 2. The Morgan fingerprint density at radius 2 is 1.94 bits per heavy atom. The summed E-state index contributed by atoms with van der Waals surface area (Å²) in [6.07, 6.45) is 3.33. The summed E-state index contributed by atoms with van der Waals surface area (Å²) < 4.78 is 7.45. The summed E-state index contributed by atoms with van der Waals surface area (Å²) in [5, 5.41) is 20.0. The Balaban J connectivity index is 1.68. The van der Waals surface area contributed by atoms with Gasteiger partial charge in [0.1, 0.15) is 11.8 Å². The van der Waals surface area contributed by atoms with Crippen molar-refractivity contribution in [1.29, 1.82) is 0 Å². The van der Waals surface area contributed by atoms with Crippen LogP contribution in [-0.2, 0) is 11.2 Å². The number of ether oxygens (including phenoxy) is 1.